The second kappa shape index (κ2) is 6.22. The van der Waals surface area contributed by atoms with E-state index in [0.717, 1.165) is 11.3 Å². The zero-order valence-corrected chi connectivity index (χ0v) is 11.8. The summed E-state index contributed by atoms with van der Waals surface area (Å²) < 4.78 is 10.7. The Morgan fingerprint density at radius 3 is 2.90 bits per heavy atom. The lowest BCUT2D eigenvalue weighted by molar-refractivity contribution is 0.400. The molecule has 5 heteroatoms. The number of nitrogens with one attached hydrogen (secondary N) is 1. The van der Waals surface area contributed by atoms with Gasteiger partial charge in [-0.15, -0.1) is 0 Å². The molecule has 0 aliphatic rings. The van der Waals surface area contributed by atoms with Gasteiger partial charge in [-0.3, -0.25) is 0 Å². The van der Waals surface area contributed by atoms with E-state index in [-0.39, 0.29) is 6.04 Å². The molecule has 1 aromatic heterocycles. The maximum atomic E-state index is 8.94. The summed E-state index contributed by atoms with van der Waals surface area (Å²) in [4.78, 5) is 4.19. The van der Waals surface area contributed by atoms with Crippen molar-refractivity contribution in [3.63, 3.8) is 0 Å². The third-order valence-corrected chi connectivity index (χ3v) is 3.01. The van der Waals surface area contributed by atoms with Crippen molar-refractivity contribution < 1.29 is 9.15 Å². The minimum Gasteiger partial charge on any atom is -0.495 e. The summed E-state index contributed by atoms with van der Waals surface area (Å²) in [6.07, 6.45) is 1.71. The van der Waals surface area contributed by atoms with Crippen molar-refractivity contribution in [2.75, 3.05) is 7.11 Å². The van der Waals surface area contributed by atoms with Gasteiger partial charge >= 0.3 is 0 Å². The summed E-state index contributed by atoms with van der Waals surface area (Å²) in [5.74, 6) is 2.06. The van der Waals surface area contributed by atoms with E-state index in [1.165, 1.54) is 0 Å². The zero-order valence-electron chi connectivity index (χ0n) is 11.8. The number of aromatic nitrogens is 1. The van der Waals surface area contributed by atoms with Crippen LogP contribution in [0.15, 0.2) is 28.8 Å². The van der Waals surface area contributed by atoms with E-state index in [4.69, 9.17) is 14.4 Å². The van der Waals surface area contributed by atoms with Crippen LogP contribution in [0.5, 0.6) is 5.75 Å². The molecule has 1 unspecified atom stereocenters. The van der Waals surface area contributed by atoms with Gasteiger partial charge in [0.1, 0.15) is 17.6 Å². The van der Waals surface area contributed by atoms with E-state index >= 15 is 0 Å². The predicted molar refractivity (Wildman–Crippen MR) is 74.2 cm³/mol. The van der Waals surface area contributed by atoms with Crippen molar-refractivity contribution in [2.24, 2.45) is 0 Å². The molecule has 0 spiro atoms. The molecular formula is C15H17N3O2. The molecule has 0 saturated carbocycles. The van der Waals surface area contributed by atoms with Crippen LogP contribution in [0.4, 0.5) is 0 Å². The fourth-order valence-electron chi connectivity index (χ4n) is 1.87. The average molecular weight is 271 g/mol. The molecule has 1 heterocycles. The Labute approximate surface area is 118 Å². The van der Waals surface area contributed by atoms with Crippen molar-refractivity contribution in [1.29, 1.82) is 5.26 Å². The predicted octanol–water partition coefficient (Wildman–Crippen LogP) is 2.71. The van der Waals surface area contributed by atoms with Crippen LogP contribution in [0, 0.1) is 18.3 Å². The number of benzene rings is 1. The fourth-order valence-corrected chi connectivity index (χ4v) is 1.87. The van der Waals surface area contributed by atoms with Crippen LogP contribution >= 0.6 is 0 Å². The Bertz CT molecular complexity index is 628. The highest BCUT2D eigenvalue weighted by Gasteiger charge is 2.11. The highest BCUT2D eigenvalue weighted by atomic mass is 16.5. The Kier molecular flexibility index (Phi) is 4.38. The average Bonchev–Trinajstić information content (AvgIpc) is 2.91. The molecule has 0 aliphatic carbocycles. The first-order chi connectivity index (χ1) is 9.63. The number of aryl methyl sites for hydroxylation is 1. The first-order valence-electron chi connectivity index (χ1n) is 6.36. The molecule has 0 saturated heterocycles. The molecule has 20 heavy (non-hydrogen) atoms. The highest BCUT2D eigenvalue weighted by Crippen LogP contribution is 2.20. The van der Waals surface area contributed by atoms with Gasteiger partial charge in [0.25, 0.3) is 0 Å². The lowest BCUT2D eigenvalue weighted by atomic mass is 10.1. The van der Waals surface area contributed by atoms with Gasteiger partial charge in [-0.25, -0.2) is 4.98 Å². The van der Waals surface area contributed by atoms with Crippen LogP contribution in [-0.2, 0) is 6.54 Å². The third-order valence-electron chi connectivity index (χ3n) is 3.01. The molecule has 5 nitrogen and oxygen atoms in total. The second-order valence-electron chi connectivity index (χ2n) is 4.56. The number of hydrogen-bond acceptors (Lipinski definition) is 5. The van der Waals surface area contributed by atoms with Gasteiger partial charge in [-0.2, -0.15) is 5.26 Å². The van der Waals surface area contributed by atoms with Crippen molar-refractivity contribution >= 4 is 0 Å². The zero-order chi connectivity index (χ0) is 14.5. The largest absolute Gasteiger partial charge is 0.495 e. The van der Waals surface area contributed by atoms with Crippen LogP contribution in [0.25, 0.3) is 0 Å². The monoisotopic (exact) mass is 271 g/mol. The van der Waals surface area contributed by atoms with Gasteiger partial charge in [0.15, 0.2) is 0 Å². The quantitative estimate of drug-likeness (QED) is 0.905. The van der Waals surface area contributed by atoms with E-state index in [1.54, 1.807) is 19.4 Å². The summed E-state index contributed by atoms with van der Waals surface area (Å²) >= 11 is 0. The van der Waals surface area contributed by atoms with Gasteiger partial charge in [-0.05, 0) is 31.5 Å². The second-order valence-corrected chi connectivity index (χ2v) is 4.56. The summed E-state index contributed by atoms with van der Waals surface area (Å²) in [5.41, 5.74) is 1.57. The van der Waals surface area contributed by atoms with Crippen LogP contribution in [0.2, 0.25) is 0 Å². The van der Waals surface area contributed by atoms with E-state index in [1.807, 2.05) is 26.0 Å². The van der Waals surface area contributed by atoms with Gasteiger partial charge < -0.3 is 14.5 Å². The SMILES string of the molecule is COc1cc(CNC(C)c2ncc(C)o2)ccc1C#N. The molecule has 104 valence electrons. The first kappa shape index (κ1) is 14.1. The number of rotatable bonds is 5. The fraction of sp³-hybridized carbons (Fsp3) is 0.333. The van der Waals surface area contributed by atoms with E-state index in [0.29, 0.717) is 23.7 Å². The molecule has 2 aromatic rings. The molecule has 0 amide bonds. The number of methoxy groups -OCH3 is 1. The molecule has 0 aliphatic heterocycles. The molecule has 1 atom stereocenters. The van der Waals surface area contributed by atoms with Crippen molar-refractivity contribution in [1.82, 2.24) is 10.3 Å². The Morgan fingerprint density at radius 1 is 1.50 bits per heavy atom. The standard InChI is InChI=1S/C15H17N3O2/c1-10-8-18-15(20-10)11(2)17-9-12-4-5-13(7-16)14(6-12)19-3/h4-6,8,11,17H,9H2,1-3H3. The first-order valence-corrected chi connectivity index (χ1v) is 6.36. The van der Waals surface area contributed by atoms with Crippen LogP contribution < -0.4 is 10.1 Å². The lowest BCUT2D eigenvalue weighted by Crippen LogP contribution is -2.18. The summed E-state index contributed by atoms with van der Waals surface area (Å²) in [6, 6.07) is 7.64. The Hall–Kier alpha value is -2.32. The van der Waals surface area contributed by atoms with E-state index in [2.05, 4.69) is 16.4 Å². The topological polar surface area (TPSA) is 71.1 Å². The number of ether oxygens (including phenoxy) is 1. The molecule has 0 bridgehead atoms. The minimum atomic E-state index is 0.0188. The molecule has 2 rings (SSSR count). The Balaban J connectivity index is 2.02. The van der Waals surface area contributed by atoms with Gasteiger partial charge in [0.05, 0.1) is 24.9 Å². The molecule has 1 aromatic carbocycles. The van der Waals surface area contributed by atoms with Crippen molar-refractivity contribution in [3.05, 3.63) is 47.2 Å². The minimum absolute atomic E-state index is 0.0188. The summed E-state index contributed by atoms with van der Waals surface area (Å²) in [6.45, 7) is 4.51. The summed E-state index contributed by atoms with van der Waals surface area (Å²) in [7, 11) is 1.56. The third kappa shape index (κ3) is 3.16. The number of nitrogens with zero attached hydrogens (tertiary/aromatic N) is 2. The number of nitriles is 1. The van der Waals surface area contributed by atoms with Crippen LogP contribution in [0.3, 0.4) is 0 Å². The molecule has 0 radical (unpaired) electrons. The van der Waals surface area contributed by atoms with Crippen LogP contribution in [-0.4, -0.2) is 12.1 Å². The number of oxazole rings is 1. The molecule has 0 fully saturated rings. The van der Waals surface area contributed by atoms with E-state index in [9.17, 15) is 0 Å². The normalized spacial score (nSPS) is 11.9. The maximum Gasteiger partial charge on any atom is 0.211 e. The van der Waals surface area contributed by atoms with Gasteiger partial charge in [0, 0.05) is 6.54 Å². The Morgan fingerprint density at radius 2 is 2.30 bits per heavy atom. The van der Waals surface area contributed by atoms with Gasteiger partial charge in [-0.1, -0.05) is 6.07 Å². The van der Waals surface area contributed by atoms with Crippen molar-refractivity contribution in [2.45, 2.75) is 26.4 Å². The lowest BCUT2D eigenvalue weighted by Gasteiger charge is -2.11. The van der Waals surface area contributed by atoms with Gasteiger partial charge in [0.2, 0.25) is 5.89 Å². The molecule has 1 N–H and O–H groups in total. The molecular weight excluding hydrogens is 254 g/mol. The van der Waals surface area contributed by atoms with Crippen LogP contribution in [0.1, 0.15) is 35.7 Å². The maximum absolute atomic E-state index is 8.94. The van der Waals surface area contributed by atoms with Crippen molar-refractivity contribution in [3.8, 4) is 11.8 Å². The number of hydrogen-bond donors (Lipinski definition) is 1. The smallest absolute Gasteiger partial charge is 0.211 e. The van der Waals surface area contributed by atoms with E-state index < -0.39 is 0 Å². The summed E-state index contributed by atoms with van der Waals surface area (Å²) in [5, 5.41) is 12.3. The highest BCUT2D eigenvalue weighted by molar-refractivity contribution is 5.45.